The minimum atomic E-state index is 0.434. The third-order valence-electron chi connectivity index (χ3n) is 5.31. The largest absolute Gasteiger partial charge is 0.419 e. The Balaban J connectivity index is 1.37. The summed E-state index contributed by atoms with van der Waals surface area (Å²) in [6.07, 6.45) is 4.02. The van der Waals surface area contributed by atoms with Crippen molar-refractivity contribution in [1.29, 1.82) is 5.26 Å². The molecule has 0 atom stereocenters. The number of hydrogen-bond acceptors (Lipinski definition) is 6. The van der Waals surface area contributed by atoms with Gasteiger partial charge in [0, 0.05) is 18.7 Å². The molecule has 4 rings (SSSR count). The van der Waals surface area contributed by atoms with Gasteiger partial charge in [-0.2, -0.15) is 5.26 Å². The van der Waals surface area contributed by atoms with E-state index in [-0.39, 0.29) is 0 Å². The molecule has 1 saturated heterocycles. The van der Waals surface area contributed by atoms with Crippen LogP contribution in [-0.4, -0.2) is 40.9 Å². The predicted molar refractivity (Wildman–Crippen MR) is 91.4 cm³/mol. The van der Waals surface area contributed by atoms with Gasteiger partial charge < -0.3 is 9.15 Å². The molecule has 6 heteroatoms. The topological polar surface area (TPSA) is 75.2 Å². The molecule has 1 aromatic carbocycles. The third-order valence-corrected chi connectivity index (χ3v) is 5.31. The van der Waals surface area contributed by atoms with E-state index >= 15 is 0 Å². The molecule has 6 nitrogen and oxygen atoms in total. The first-order chi connectivity index (χ1) is 12.2. The molecule has 0 radical (unpaired) electrons. The van der Waals surface area contributed by atoms with Crippen LogP contribution < -0.4 is 0 Å². The summed E-state index contributed by atoms with van der Waals surface area (Å²) in [6, 6.07) is 9.37. The molecule has 0 bridgehead atoms. The highest BCUT2D eigenvalue weighted by atomic mass is 16.5. The van der Waals surface area contributed by atoms with Crippen LogP contribution in [0.4, 0.5) is 0 Å². The molecule has 2 heterocycles. The van der Waals surface area contributed by atoms with Crippen LogP contribution in [0.5, 0.6) is 0 Å². The molecule has 1 aromatic heterocycles. The summed E-state index contributed by atoms with van der Waals surface area (Å²) < 4.78 is 11.5. The Morgan fingerprint density at radius 3 is 3.08 bits per heavy atom. The van der Waals surface area contributed by atoms with E-state index in [0.29, 0.717) is 35.4 Å². The minimum Gasteiger partial charge on any atom is -0.419 e. The zero-order valence-corrected chi connectivity index (χ0v) is 14.4. The first-order valence-corrected chi connectivity index (χ1v) is 8.86. The Bertz CT molecular complexity index is 789. The Labute approximate surface area is 147 Å². The highest BCUT2D eigenvalue weighted by Gasteiger charge is 2.48. The molecule has 130 valence electrons. The van der Waals surface area contributed by atoms with Crippen LogP contribution in [0.2, 0.25) is 0 Å². The van der Waals surface area contributed by atoms with Crippen LogP contribution in [0.1, 0.15) is 37.6 Å². The molecule has 2 aromatic rings. The quantitative estimate of drug-likeness (QED) is 0.834. The van der Waals surface area contributed by atoms with Crippen molar-refractivity contribution in [3.8, 4) is 17.5 Å². The van der Waals surface area contributed by atoms with Crippen LogP contribution in [0.15, 0.2) is 28.7 Å². The SMILES string of the molecule is CCOC1CC2(CCN(Cc3nnc(-c4cccc(C#N)c4)o3)C2)C1. The van der Waals surface area contributed by atoms with E-state index in [0.717, 1.165) is 25.3 Å². The average Bonchev–Trinajstić information content (AvgIpc) is 3.23. The van der Waals surface area contributed by atoms with Gasteiger partial charge in [-0.1, -0.05) is 6.07 Å². The van der Waals surface area contributed by atoms with Crippen molar-refractivity contribution in [3.05, 3.63) is 35.7 Å². The molecule has 2 aliphatic rings. The summed E-state index contributed by atoms with van der Waals surface area (Å²) in [4.78, 5) is 2.39. The normalized spacial score (nSPS) is 25.8. The van der Waals surface area contributed by atoms with Gasteiger partial charge in [0.15, 0.2) is 0 Å². The number of hydrogen-bond donors (Lipinski definition) is 0. The van der Waals surface area contributed by atoms with Gasteiger partial charge in [0.2, 0.25) is 11.8 Å². The number of nitrogens with zero attached hydrogens (tertiary/aromatic N) is 4. The highest BCUT2D eigenvalue weighted by molar-refractivity contribution is 5.55. The minimum absolute atomic E-state index is 0.434. The van der Waals surface area contributed by atoms with E-state index in [1.54, 1.807) is 12.1 Å². The molecule has 1 aliphatic heterocycles. The van der Waals surface area contributed by atoms with E-state index in [1.807, 2.05) is 12.1 Å². The zero-order valence-electron chi connectivity index (χ0n) is 14.4. The molecular formula is C19H22N4O2. The number of likely N-dealkylation sites (tertiary alicyclic amines) is 1. The lowest BCUT2D eigenvalue weighted by atomic mass is 9.66. The molecule has 0 N–H and O–H groups in total. The van der Waals surface area contributed by atoms with E-state index in [2.05, 4.69) is 28.1 Å². The summed E-state index contributed by atoms with van der Waals surface area (Å²) in [5, 5.41) is 17.3. The Kier molecular flexibility index (Phi) is 4.28. The maximum absolute atomic E-state index is 9.00. The van der Waals surface area contributed by atoms with Crippen molar-refractivity contribution < 1.29 is 9.15 Å². The second-order valence-electron chi connectivity index (χ2n) is 7.14. The first kappa shape index (κ1) is 16.2. The van der Waals surface area contributed by atoms with Gasteiger partial charge in [0.25, 0.3) is 0 Å². The monoisotopic (exact) mass is 338 g/mol. The fraction of sp³-hybridized carbons (Fsp3) is 0.526. The summed E-state index contributed by atoms with van der Waals surface area (Å²) in [7, 11) is 0. The van der Waals surface area contributed by atoms with E-state index in [1.165, 1.54) is 19.3 Å². The van der Waals surface area contributed by atoms with E-state index < -0.39 is 0 Å². The predicted octanol–water partition coefficient (Wildman–Crippen LogP) is 3.00. The van der Waals surface area contributed by atoms with Crippen molar-refractivity contribution >= 4 is 0 Å². The van der Waals surface area contributed by atoms with Crippen molar-refractivity contribution in [2.45, 2.75) is 38.8 Å². The highest BCUT2D eigenvalue weighted by Crippen LogP contribution is 2.49. The number of ether oxygens (including phenoxy) is 1. The van der Waals surface area contributed by atoms with Gasteiger partial charge in [-0.25, -0.2) is 0 Å². The molecule has 0 unspecified atom stereocenters. The van der Waals surface area contributed by atoms with Gasteiger partial charge in [-0.05, 0) is 56.3 Å². The maximum atomic E-state index is 9.00. The fourth-order valence-electron chi connectivity index (χ4n) is 4.10. The molecule has 1 saturated carbocycles. The summed E-state index contributed by atoms with van der Waals surface area (Å²) in [6.45, 7) is 5.71. The molecule has 2 fully saturated rings. The van der Waals surface area contributed by atoms with Crippen LogP contribution in [0.25, 0.3) is 11.5 Å². The average molecular weight is 338 g/mol. The second-order valence-corrected chi connectivity index (χ2v) is 7.14. The Hall–Kier alpha value is -2.23. The summed E-state index contributed by atoms with van der Waals surface area (Å²) >= 11 is 0. The number of rotatable bonds is 5. The van der Waals surface area contributed by atoms with Gasteiger partial charge in [0.05, 0.1) is 24.3 Å². The van der Waals surface area contributed by atoms with Crippen LogP contribution in [-0.2, 0) is 11.3 Å². The van der Waals surface area contributed by atoms with Gasteiger partial charge in [-0.15, -0.1) is 10.2 Å². The lowest BCUT2D eigenvalue weighted by Gasteiger charge is -2.44. The summed E-state index contributed by atoms with van der Waals surface area (Å²) in [5.74, 6) is 1.11. The maximum Gasteiger partial charge on any atom is 0.247 e. The van der Waals surface area contributed by atoms with Crippen LogP contribution in [0.3, 0.4) is 0 Å². The van der Waals surface area contributed by atoms with Gasteiger partial charge in [-0.3, -0.25) is 4.90 Å². The van der Waals surface area contributed by atoms with Crippen molar-refractivity contribution in [2.75, 3.05) is 19.7 Å². The smallest absolute Gasteiger partial charge is 0.247 e. The third kappa shape index (κ3) is 3.30. The fourth-order valence-corrected chi connectivity index (χ4v) is 4.10. The van der Waals surface area contributed by atoms with Gasteiger partial charge >= 0.3 is 0 Å². The lowest BCUT2D eigenvalue weighted by Crippen LogP contribution is -2.44. The number of benzene rings is 1. The van der Waals surface area contributed by atoms with Crippen LogP contribution in [0, 0.1) is 16.7 Å². The number of aromatic nitrogens is 2. The summed E-state index contributed by atoms with van der Waals surface area (Å²) in [5.41, 5.74) is 1.81. The zero-order chi connectivity index (χ0) is 17.3. The van der Waals surface area contributed by atoms with Crippen molar-refractivity contribution in [1.82, 2.24) is 15.1 Å². The van der Waals surface area contributed by atoms with Crippen LogP contribution >= 0.6 is 0 Å². The molecule has 1 spiro atoms. The van der Waals surface area contributed by atoms with Crippen molar-refractivity contribution in [2.24, 2.45) is 5.41 Å². The molecule has 25 heavy (non-hydrogen) atoms. The lowest BCUT2D eigenvalue weighted by molar-refractivity contribution is -0.0720. The van der Waals surface area contributed by atoms with E-state index in [9.17, 15) is 0 Å². The standard InChI is InChI=1S/C19H22N4O2/c1-2-24-16-9-19(10-16)6-7-23(13-19)12-17-21-22-18(25-17)15-5-3-4-14(8-15)11-20/h3-5,8,16H,2,6-7,9-10,12-13H2,1H3. The molecular weight excluding hydrogens is 316 g/mol. The number of nitriles is 1. The molecule has 0 amide bonds. The Morgan fingerprint density at radius 2 is 2.28 bits per heavy atom. The van der Waals surface area contributed by atoms with Crippen molar-refractivity contribution in [3.63, 3.8) is 0 Å². The Morgan fingerprint density at radius 1 is 1.40 bits per heavy atom. The second kappa shape index (κ2) is 6.58. The van der Waals surface area contributed by atoms with Gasteiger partial charge in [0.1, 0.15) is 0 Å². The molecule has 1 aliphatic carbocycles. The first-order valence-electron chi connectivity index (χ1n) is 8.86. The van der Waals surface area contributed by atoms with E-state index in [4.69, 9.17) is 14.4 Å².